The molecule has 0 saturated carbocycles. The van der Waals surface area contributed by atoms with Crippen LogP contribution >= 0.6 is 23.7 Å². The Kier molecular flexibility index (Phi) is 7.90. The number of thiophene rings is 1. The number of nitrogens with one attached hydrogen (secondary N) is 1. The van der Waals surface area contributed by atoms with E-state index < -0.39 is 0 Å². The van der Waals surface area contributed by atoms with Crippen molar-refractivity contribution in [1.82, 2.24) is 0 Å². The molecular weight excluding hydrogens is 324 g/mol. The van der Waals surface area contributed by atoms with E-state index >= 15 is 0 Å². The molecule has 0 fully saturated rings. The van der Waals surface area contributed by atoms with Crippen LogP contribution in [0, 0.1) is 0 Å². The molecule has 2 aromatic rings. The van der Waals surface area contributed by atoms with Gasteiger partial charge < -0.3 is 20.5 Å². The molecule has 0 spiro atoms. The third-order valence-corrected chi connectivity index (χ3v) is 3.71. The van der Waals surface area contributed by atoms with E-state index in [0.717, 1.165) is 17.0 Å². The number of hydrogen-bond acceptors (Lipinski definition) is 5. The van der Waals surface area contributed by atoms with Gasteiger partial charge in [-0.05, 0) is 35.7 Å². The van der Waals surface area contributed by atoms with Crippen LogP contribution in [0.15, 0.2) is 35.7 Å². The lowest BCUT2D eigenvalue weighted by Crippen LogP contribution is -2.12. The molecule has 0 atom stereocenters. The number of rotatable bonds is 7. The second kappa shape index (κ2) is 9.42. The Morgan fingerprint density at radius 1 is 1.27 bits per heavy atom. The van der Waals surface area contributed by atoms with Gasteiger partial charge in [0.05, 0.1) is 11.5 Å². The minimum absolute atomic E-state index is 0. The maximum absolute atomic E-state index is 12.2. The van der Waals surface area contributed by atoms with Gasteiger partial charge in [0, 0.05) is 24.9 Å². The zero-order valence-electron chi connectivity index (χ0n) is 12.2. The van der Waals surface area contributed by atoms with Gasteiger partial charge in [0.2, 0.25) is 0 Å². The first-order valence-corrected chi connectivity index (χ1v) is 7.42. The van der Waals surface area contributed by atoms with E-state index in [1.807, 2.05) is 11.4 Å². The lowest BCUT2D eigenvalue weighted by atomic mass is 10.2. The number of amides is 1. The summed E-state index contributed by atoms with van der Waals surface area (Å²) in [6.45, 7) is 1.37. The van der Waals surface area contributed by atoms with Gasteiger partial charge in [-0.3, -0.25) is 4.79 Å². The molecule has 0 unspecified atom stereocenters. The van der Waals surface area contributed by atoms with Crippen LogP contribution in [0.3, 0.4) is 0 Å². The van der Waals surface area contributed by atoms with Crippen molar-refractivity contribution in [2.24, 2.45) is 5.73 Å². The normalized spacial score (nSPS) is 9.91. The first-order chi connectivity index (χ1) is 10.2. The van der Waals surface area contributed by atoms with Crippen LogP contribution in [0.1, 0.15) is 15.2 Å². The van der Waals surface area contributed by atoms with Crippen molar-refractivity contribution in [2.75, 3.05) is 25.6 Å². The highest BCUT2D eigenvalue weighted by Gasteiger charge is 2.13. The van der Waals surface area contributed by atoms with Crippen molar-refractivity contribution >= 4 is 35.3 Å². The average molecular weight is 343 g/mol. The molecule has 0 bridgehead atoms. The molecule has 0 aliphatic heterocycles. The molecule has 120 valence electrons. The average Bonchev–Trinajstić information content (AvgIpc) is 2.95. The molecule has 1 amide bonds. The largest absolute Gasteiger partial charge is 0.492 e. The Morgan fingerprint density at radius 2 is 2.00 bits per heavy atom. The summed E-state index contributed by atoms with van der Waals surface area (Å²) in [7, 11) is 1.61. The van der Waals surface area contributed by atoms with Crippen molar-refractivity contribution in [3.8, 4) is 5.75 Å². The smallest absolute Gasteiger partial charge is 0.266 e. The number of carbonyl (C=O) groups excluding carboxylic acids is 1. The number of carbonyl (C=O) groups is 1. The summed E-state index contributed by atoms with van der Waals surface area (Å²) >= 11 is 1.40. The number of nitrogens with two attached hydrogens (primary N) is 1. The van der Waals surface area contributed by atoms with Gasteiger partial charge in [0.25, 0.3) is 5.91 Å². The van der Waals surface area contributed by atoms with E-state index in [9.17, 15) is 4.79 Å². The molecule has 0 saturated heterocycles. The summed E-state index contributed by atoms with van der Waals surface area (Å²) in [6.07, 6.45) is 0. The van der Waals surface area contributed by atoms with Crippen molar-refractivity contribution < 1.29 is 14.3 Å². The maximum Gasteiger partial charge on any atom is 0.266 e. The summed E-state index contributed by atoms with van der Waals surface area (Å²) in [5, 5.41) is 4.74. The van der Waals surface area contributed by atoms with Gasteiger partial charge in [-0.2, -0.15) is 0 Å². The van der Waals surface area contributed by atoms with Crippen LogP contribution < -0.4 is 15.8 Å². The molecule has 7 heteroatoms. The van der Waals surface area contributed by atoms with Crippen LogP contribution in [-0.2, 0) is 11.3 Å². The minimum Gasteiger partial charge on any atom is -0.492 e. The van der Waals surface area contributed by atoms with Gasteiger partial charge in [-0.25, -0.2) is 0 Å². The SMILES string of the molecule is COCc1ccsc1C(=O)Nc1ccc(OCCN)cc1.Cl. The number of benzene rings is 1. The Labute approximate surface area is 139 Å². The number of ether oxygens (including phenoxy) is 2. The number of hydrogen-bond donors (Lipinski definition) is 2. The van der Waals surface area contributed by atoms with E-state index in [-0.39, 0.29) is 18.3 Å². The van der Waals surface area contributed by atoms with Crippen molar-refractivity contribution in [1.29, 1.82) is 0 Å². The minimum atomic E-state index is -0.132. The summed E-state index contributed by atoms with van der Waals surface area (Å²) in [5.41, 5.74) is 6.98. The second-order valence-electron chi connectivity index (χ2n) is 4.32. The second-order valence-corrected chi connectivity index (χ2v) is 5.24. The van der Waals surface area contributed by atoms with Crippen LogP contribution in [0.25, 0.3) is 0 Å². The monoisotopic (exact) mass is 342 g/mol. The molecule has 1 aromatic heterocycles. The predicted octanol–water partition coefficient (Wildman–Crippen LogP) is 2.91. The van der Waals surface area contributed by atoms with Crippen LogP contribution in [-0.4, -0.2) is 26.2 Å². The third kappa shape index (κ3) is 4.99. The zero-order chi connectivity index (χ0) is 15.1. The number of methoxy groups -OCH3 is 1. The van der Waals surface area contributed by atoms with E-state index in [2.05, 4.69) is 5.32 Å². The fourth-order valence-corrected chi connectivity index (χ4v) is 2.61. The predicted molar refractivity (Wildman–Crippen MR) is 91.2 cm³/mol. The molecule has 1 aromatic carbocycles. The van der Waals surface area contributed by atoms with Crippen molar-refractivity contribution in [3.05, 3.63) is 46.2 Å². The quantitative estimate of drug-likeness (QED) is 0.811. The van der Waals surface area contributed by atoms with E-state index in [4.69, 9.17) is 15.2 Å². The lowest BCUT2D eigenvalue weighted by molar-refractivity contribution is 0.102. The highest BCUT2D eigenvalue weighted by molar-refractivity contribution is 7.12. The molecule has 22 heavy (non-hydrogen) atoms. The Balaban J connectivity index is 0.00000242. The molecule has 0 aliphatic rings. The highest BCUT2D eigenvalue weighted by atomic mass is 35.5. The topological polar surface area (TPSA) is 73.6 Å². The number of anilines is 1. The summed E-state index contributed by atoms with van der Waals surface area (Å²) in [6, 6.07) is 9.10. The molecule has 2 rings (SSSR count). The van der Waals surface area contributed by atoms with Gasteiger partial charge in [0.15, 0.2) is 0 Å². The standard InChI is InChI=1S/C15H18N2O3S.ClH/c1-19-10-11-6-9-21-14(11)15(18)17-12-2-4-13(5-3-12)20-8-7-16;/h2-6,9H,7-8,10,16H2,1H3,(H,17,18);1H. The molecule has 5 nitrogen and oxygen atoms in total. The van der Waals surface area contributed by atoms with Crippen LogP contribution in [0.2, 0.25) is 0 Å². The molecule has 1 heterocycles. The zero-order valence-corrected chi connectivity index (χ0v) is 13.8. The third-order valence-electron chi connectivity index (χ3n) is 2.75. The summed E-state index contributed by atoms with van der Waals surface area (Å²) < 4.78 is 10.5. The van der Waals surface area contributed by atoms with Gasteiger partial charge in [0.1, 0.15) is 12.4 Å². The van der Waals surface area contributed by atoms with Crippen LogP contribution in [0.4, 0.5) is 5.69 Å². The van der Waals surface area contributed by atoms with Gasteiger partial charge in [-0.1, -0.05) is 0 Å². The van der Waals surface area contributed by atoms with Gasteiger partial charge in [-0.15, -0.1) is 23.7 Å². The van der Waals surface area contributed by atoms with E-state index in [0.29, 0.717) is 24.6 Å². The fraction of sp³-hybridized carbons (Fsp3) is 0.267. The molecular formula is C15H19ClN2O3S. The summed E-state index contributed by atoms with van der Waals surface area (Å²) in [4.78, 5) is 12.9. The first-order valence-electron chi connectivity index (χ1n) is 6.54. The molecule has 0 aliphatic carbocycles. The van der Waals surface area contributed by atoms with Gasteiger partial charge >= 0.3 is 0 Å². The first kappa shape index (κ1) is 18.4. The van der Waals surface area contributed by atoms with E-state index in [1.54, 1.807) is 31.4 Å². The van der Waals surface area contributed by atoms with Crippen LogP contribution in [0.5, 0.6) is 5.75 Å². The summed E-state index contributed by atoms with van der Waals surface area (Å²) in [5.74, 6) is 0.599. The maximum atomic E-state index is 12.2. The Morgan fingerprint density at radius 3 is 2.64 bits per heavy atom. The lowest BCUT2D eigenvalue weighted by Gasteiger charge is -2.08. The molecule has 3 N–H and O–H groups in total. The molecule has 0 radical (unpaired) electrons. The highest BCUT2D eigenvalue weighted by Crippen LogP contribution is 2.21. The Bertz CT molecular complexity index is 587. The van der Waals surface area contributed by atoms with Crippen molar-refractivity contribution in [2.45, 2.75) is 6.61 Å². The Hall–Kier alpha value is -1.60. The van der Waals surface area contributed by atoms with E-state index in [1.165, 1.54) is 11.3 Å². The number of halogens is 1. The van der Waals surface area contributed by atoms with Crippen molar-refractivity contribution in [3.63, 3.8) is 0 Å². The fourth-order valence-electron chi connectivity index (χ4n) is 1.80.